The first-order valence-corrected chi connectivity index (χ1v) is 4.70. The van der Waals surface area contributed by atoms with Crippen LogP contribution in [0.15, 0.2) is 24.3 Å². The van der Waals surface area contributed by atoms with Crippen molar-refractivity contribution < 1.29 is 4.39 Å². The minimum Gasteiger partial charge on any atom is -0.251 e. The van der Waals surface area contributed by atoms with Crippen molar-refractivity contribution in [2.45, 2.75) is 25.7 Å². The molecule has 0 aromatic heterocycles. The summed E-state index contributed by atoms with van der Waals surface area (Å²) in [6, 6.07) is 8.10. The van der Waals surface area contributed by atoms with Gasteiger partial charge in [0.05, 0.1) is 6.67 Å². The first-order chi connectivity index (χ1) is 6.36. The van der Waals surface area contributed by atoms with Crippen LogP contribution >= 0.6 is 0 Å². The SMILES string of the molecule is [CH]CCCc1ccc(CCF)cc1. The van der Waals surface area contributed by atoms with Crippen molar-refractivity contribution in [3.63, 3.8) is 0 Å². The number of benzene rings is 1. The third-order valence-electron chi connectivity index (χ3n) is 2.08. The lowest BCUT2D eigenvalue weighted by Crippen LogP contribution is -1.89. The molecule has 0 aliphatic rings. The Morgan fingerprint density at radius 3 is 2.00 bits per heavy atom. The number of unbranched alkanes of at least 4 members (excludes halogenated alkanes) is 1. The Morgan fingerprint density at radius 1 is 1.00 bits per heavy atom. The Bertz CT molecular complexity index is 225. The highest BCUT2D eigenvalue weighted by Gasteiger charge is 1.94. The molecule has 0 aliphatic carbocycles. The topological polar surface area (TPSA) is 0 Å². The number of halogens is 1. The smallest absolute Gasteiger partial charge is 0.0934 e. The molecule has 1 heteroatoms. The molecule has 1 aromatic rings. The van der Waals surface area contributed by atoms with Gasteiger partial charge in [-0.25, -0.2) is 0 Å². The van der Waals surface area contributed by atoms with Crippen LogP contribution in [0.3, 0.4) is 0 Å². The highest BCUT2D eigenvalue weighted by Crippen LogP contribution is 2.08. The van der Waals surface area contributed by atoms with E-state index in [-0.39, 0.29) is 6.67 Å². The lowest BCUT2D eigenvalue weighted by Gasteiger charge is -2.01. The lowest BCUT2D eigenvalue weighted by molar-refractivity contribution is 0.495. The highest BCUT2D eigenvalue weighted by molar-refractivity contribution is 5.22. The van der Waals surface area contributed by atoms with Gasteiger partial charge in [-0.2, -0.15) is 0 Å². The fourth-order valence-electron chi connectivity index (χ4n) is 1.29. The van der Waals surface area contributed by atoms with Gasteiger partial charge in [-0.1, -0.05) is 24.3 Å². The van der Waals surface area contributed by atoms with E-state index < -0.39 is 0 Å². The molecule has 0 saturated heterocycles. The summed E-state index contributed by atoms with van der Waals surface area (Å²) in [4.78, 5) is 0. The first kappa shape index (κ1) is 10.2. The summed E-state index contributed by atoms with van der Waals surface area (Å²) in [5, 5.41) is 0. The number of alkyl halides is 1. The van der Waals surface area contributed by atoms with Crippen LogP contribution < -0.4 is 0 Å². The summed E-state index contributed by atoms with van der Waals surface area (Å²) in [5.74, 6) is 0. The van der Waals surface area contributed by atoms with E-state index in [4.69, 9.17) is 6.92 Å². The molecule has 0 unspecified atom stereocenters. The molecule has 0 bridgehead atoms. The molecular weight excluding hydrogens is 163 g/mol. The second kappa shape index (κ2) is 5.74. The van der Waals surface area contributed by atoms with Crippen molar-refractivity contribution in [3.8, 4) is 0 Å². The lowest BCUT2D eigenvalue weighted by atomic mass is 10.1. The van der Waals surface area contributed by atoms with Crippen LogP contribution in [-0.4, -0.2) is 6.67 Å². The van der Waals surface area contributed by atoms with Gasteiger partial charge in [-0.05, 0) is 37.3 Å². The Morgan fingerprint density at radius 2 is 1.54 bits per heavy atom. The van der Waals surface area contributed by atoms with Gasteiger partial charge in [0, 0.05) is 6.42 Å². The molecular formula is C12H15F. The van der Waals surface area contributed by atoms with Gasteiger partial charge in [0.1, 0.15) is 0 Å². The van der Waals surface area contributed by atoms with Gasteiger partial charge in [0.2, 0.25) is 0 Å². The summed E-state index contributed by atoms with van der Waals surface area (Å²) < 4.78 is 12.0. The molecule has 0 aliphatic heterocycles. The fraction of sp³-hybridized carbons (Fsp3) is 0.417. The number of rotatable bonds is 5. The normalized spacial score (nSPS) is 10.3. The van der Waals surface area contributed by atoms with Crippen LogP contribution in [0.5, 0.6) is 0 Å². The van der Waals surface area contributed by atoms with Crippen LogP contribution in [0.25, 0.3) is 0 Å². The molecule has 2 radical (unpaired) electrons. The molecule has 0 saturated carbocycles. The summed E-state index contributed by atoms with van der Waals surface area (Å²) >= 11 is 0. The summed E-state index contributed by atoms with van der Waals surface area (Å²) in [6.45, 7) is 5.13. The zero-order valence-electron chi connectivity index (χ0n) is 7.80. The molecule has 1 aromatic carbocycles. The molecule has 0 N–H and O–H groups in total. The molecule has 0 heterocycles. The van der Waals surface area contributed by atoms with Gasteiger partial charge < -0.3 is 0 Å². The van der Waals surface area contributed by atoms with Crippen molar-refractivity contribution in [1.29, 1.82) is 0 Å². The van der Waals surface area contributed by atoms with Crippen LogP contribution in [0.4, 0.5) is 4.39 Å². The maximum absolute atomic E-state index is 12.0. The van der Waals surface area contributed by atoms with Crippen LogP contribution in [0.2, 0.25) is 0 Å². The zero-order valence-corrected chi connectivity index (χ0v) is 7.80. The number of hydrogen-bond donors (Lipinski definition) is 0. The van der Waals surface area contributed by atoms with E-state index in [1.807, 2.05) is 12.1 Å². The highest BCUT2D eigenvalue weighted by atomic mass is 19.1. The van der Waals surface area contributed by atoms with Crippen LogP contribution in [-0.2, 0) is 12.8 Å². The van der Waals surface area contributed by atoms with Gasteiger partial charge in [0.25, 0.3) is 0 Å². The van der Waals surface area contributed by atoms with Gasteiger partial charge >= 0.3 is 0 Å². The molecule has 0 nitrogen and oxygen atoms in total. The summed E-state index contributed by atoms with van der Waals surface area (Å²) in [5.41, 5.74) is 2.35. The predicted octanol–water partition coefficient (Wildman–Crippen LogP) is 3.23. The largest absolute Gasteiger partial charge is 0.251 e. The summed E-state index contributed by atoms with van der Waals surface area (Å²) in [6.07, 6.45) is 3.29. The molecule has 70 valence electrons. The second-order valence-corrected chi connectivity index (χ2v) is 3.15. The molecule has 1 rings (SSSR count). The molecule has 0 spiro atoms. The van der Waals surface area contributed by atoms with Crippen molar-refractivity contribution >= 4 is 0 Å². The Kier molecular flexibility index (Phi) is 4.52. The quantitative estimate of drug-likeness (QED) is 0.649. The van der Waals surface area contributed by atoms with Gasteiger partial charge in [-0.3, -0.25) is 4.39 Å². The Labute approximate surface area is 79.8 Å². The van der Waals surface area contributed by atoms with Gasteiger partial charge in [0.15, 0.2) is 0 Å². The Balaban J connectivity index is 2.48. The van der Waals surface area contributed by atoms with Crippen molar-refractivity contribution in [2.24, 2.45) is 0 Å². The van der Waals surface area contributed by atoms with E-state index in [1.54, 1.807) is 0 Å². The van der Waals surface area contributed by atoms with Crippen molar-refractivity contribution in [3.05, 3.63) is 42.3 Å². The monoisotopic (exact) mass is 178 g/mol. The fourth-order valence-corrected chi connectivity index (χ4v) is 1.29. The van der Waals surface area contributed by atoms with Gasteiger partial charge in [-0.15, -0.1) is 0 Å². The molecule has 13 heavy (non-hydrogen) atoms. The maximum atomic E-state index is 12.0. The minimum atomic E-state index is -0.276. The average molecular weight is 178 g/mol. The van der Waals surface area contributed by atoms with Crippen LogP contribution in [0.1, 0.15) is 24.0 Å². The predicted molar refractivity (Wildman–Crippen MR) is 53.4 cm³/mol. The third kappa shape index (κ3) is 3.58. The van der Waals surface area contributed by atoms with E-state index in [0.717, 1.165) is 24.8 Å². The van der Waals surface area contributed by atoms with E-state index in [1.165, 1.54) is 5.56 Å². The van der Waals surface area contributed by atoms with E-state index >= 15 is 0 Å². The van der Waals surface area contributed by atoms with E-state index in [2.05, 4.69) is 12.1 Å². The third-order valence-corrected chi connectivity index (χ3v) is 2.08. The number of hydrogen-bond acceptors (Lipinski definition) is 0. The van der Waals surface area contributed by atoms with Crippen molar-refractivity contribution in [1.82, 2.24) is 0 Å². The van der Waals surface area contributed by atoms with E-state index in [0.29, 0.717) is 6.42 Å². The van der Waals surface area contributed by atoms with Crippen LogP contribution in [0, 0.1) is 6.92 Å². The molecule has 0 atom stereocenters. The zero-order chi connectivity index (χ0) is 9.52. The molecule has 0 fully saturated rings. The standard InChI is InChI=1S/C12H15F/c1-2-3-4-11-5-7-12(8-6-11)9-10-13/h1,5-8H,2-4,9-10H2. The maximum Gasteiger partial charge on any atom is 0.0934 e. The first-order valence-electron chi connectivity index (χ1n) is 4.70. The minimum absolute atomic E-state index is 0.276. The average Bonchev–Trinajstić information content (AvgIpc) is 2.17. The number of aryl methyl sites for hydroxylation is 2. The van der Waals surface area contributed by atoms with Crippen molar-refractivity contribution in [2.75, 3.05) is 6.67 Å². The Hall–Kier alpha value is -0.850. The molecule has 0 amide bonds. The van der Waals surface area contributed by atoms with E-state index in [9.17, 15) is 4.39 Å². The summed E-state index contributed by atoms with van der Waals surface area (Å²) in [7, 11) is 0. The second-order valence-electron chi connectivity index (χ2n) is 3.15.